The molecular formula is C25H30N2O6S. The summed E-state index contributed by atoms with van der Waals surface area (Å²) in [4.78, 5) is 14.8. The molecule has 1 amide bonds. The van der Waals surface area contributed by atoms with E-state index in [9.17, 15) is 13.2 Å². The summed E-state index contributed by atoms with van der Waals surface area (Å²) in [6, 6.07) is 17.0. The number of carbonyl (C=O) groups is 1. The molecule has 0 radical (unpaired) electrons. The highest BCUT2D eigenvalue weighted by atomic mass is 32.2. The molecule has 3 aromatic rings. The van der Waals surface area contributed by atoms with Crippen LogP contribution in [0.1, 0.15) is 37.0 Å². The van der Waals surface area contributed by atoms with Crippen LogP contribution in [0.4, 0.5) is 0 Å². The first-order chi connectivity index (χ1) is 16.4. The minimum atomic E-state index is -3.77. The van der Waals surface area contributed by atoms with Crippen molar-refractivity contribution >= 4 is 16.0 Å². The first-order valence-electron chi connectivity index (χ1n) is 11.1. The number of benzene rings is 2. The lowest BCUT2D eigenvalue weighted by atomic mass is 10.1. The largest absolute Gasteiger partial charge is 0.467 e. The Balaban J connectivity index is 1.76. The Bertz CT molecular complexity index is 1140. The summed E-state index contributed by atoms with van der Waals surface area (Å²) >= 11 is 0. The molecule has 34 heavy (non-hydrogen) atoms. The molecule has 8 nitrogen and oxygen atoms in total. The topological polar surface area (TPSA) is 112 Å². The van der Waals surface area contributed by atoms with Gasteiger partial charge in [0.05, 0.1) is 24.8 Å². The number of furan rings is 1. The van der Waals surface area contributed by atoms with Crippen LogP contribution >= 0.6 is 0 Å². The summed E-state index contributed by atoms with van der Waals surface area (Å²) in [6.45, 7) is 1.30. The molecule has 0 aliphatic heterocycles. The molecule has 0 saturated heterocycles. The van der Waals surface area contributed by atoms with Crippen LogP contribution in [-0.2, 0) is 32.2 Å². The normalized spacial score (nSPS) is 11.4. The summed E-state index contributed by atoms with van der Waals surface area (Å²) in [5.74, 6) is 1.76. The van der Waals surface area contributed by atoms with E-state index in [1.165, 1.54) is 12.1 Å². The average molecular weight is 487 g/mol. The number of nitrogens with zero attached hydrogens (tertiary/aromatic N) is 1. The molecule has 0 spiro atoms. The van der Waals surface area contributed by atoms with Gasteiger partial charge in [0.15, 0.2) is 0 Å². The van der Waals surface area contributed by atoms with Crippen molar-refractivity contribution in [1.29, 1.82) is 0 Å². The summed E-state index contributed by atoms with van der Waals surface area (Å²) in [6.07, 6.45) is 4.60. The molecule has 0 bridgehead atoms. The minimum Gasteiger partial charge on any atom is -0.467 e. The Morgan fingerprint density at radius 2 is 1.74 bits per heavy atom. The highest BCUT2D eigenvalue weighted by Gasteiger charge is 2.18. The third-order valence-corrected chi connectivity index (χ3v) is 6.56. The monoisotopic (exact) mass is 486 g/mol. The fourth-order valence-corrected chi connectivity index (χ4v) is 4.08. The van der Waals surface area contributed by atoms with Crippen LogP contribution in [0.2, 0.25) is 0 Å². The second kappa shape index (κ2) is 12.4. The van der Waals surface area contributed by atoms with Crippen molar-refractivity contribution < 1.29 is 26.5 Å². The zero-order valence-electron chi connectivity index (χ0n) is 19.2. The number of ether oxygens (including phenoxy) is 1. The number of hydrogen-bond donors (Lipinski definition) is 1. The molecule has 2 aromatic carbocycles. The van der Waals surface area contributed by atoms with E-state index in [0.29, 0.717) is 43.3 Å². The molecule has 0 saturated carbocycles. The van der Waals surface area contributed by atoms with Crippen LogP contribution in [0.15, 0.2) is 76.2 Å². The van der Waals surface area contributed by atoms with Crippen LogP contribution in [-0.4, -0.2) is 32.9 Å². The van der Waals surface area contributed by atoms with Gasteiger partial charge in [0.1, 0.15) is 17.3 Å². The molecule has 9 heteroatoms. The molecule has 182 valence electrons. The van der Waals surface area contributed by atoms with Crippen LogP contribution in [0, 0.1) is 0 Å². The van der Waals surface area contributed by atoms with Crippen molar-refractivity contribution in [2.75, 3.05) is 13.7 Å². The van der Waals surface area contributed by atoms with E-state index in [4.69, 9.17) is 14.9 Å². The standard InChI is InChI=1S/C25H30N2O6S/c1-31-34(29,30)23-14-12-21(13-15-23)33-24-10-5-4-8-20(24)18-27(19-22-9-7-17-32-22)25(28)11-3-2-6-16-26/h4-5,7-10,12-15,17H,2-3,6,11,16,18-19,26H2,1H3. The number of rotatable bonds is 13. The predicted octanol–water partition coefficient (Wildman–Crippen LogP) is 4.45. The number of nitrogens with two attached hydrogens (primary N) is 1. The predicted molar refractivity (Wildman–Crippen MR) is 128 cm³/mol. The number of unbranched alkanes of at least 4 members (excludes halogenated alkanes) is 2. The summed E-state index contributed by atoms with van der Waals surface area (Å²) < 4.78 is 39.7. The van der Waals surface area contributed by atoms with Crippen molar-refractivity contribution in [2.45, 2.75) is 43.7 Å². The van der Waals surface area contributed by atoms with E-state index < -0.39 is 10.1 Å². The number of carbonyl (C=O) groups excluding carboxylic acids is 1. The minimum absolute atomic E-state index is 0.0253. The molecule has 3 rings (SSSR count). The SMILES string of the molecule is COS(=O)(=O)c1ccc(Oc2ccccc2CN(Cc2ccco2)C(=O)CCCCCN)cc1. The van der Waals surface area contributed by atoms with E-state index in [2.05, 4.69) is 4.18 Å². The summed E-state index contributed by atoms with van der Waals surface area (Å²) in [5, 5.41) is 0. The van der Waals surface area contributed by atoms with E-state index in [1.807, 2.05) is 30.3 Å². The van der Waals surface area contributed by atoms with Crippen molar-refractivity contribution in [3.8, 4) is 11.5 Å². The van der Waals surface area contributed by atoms with Crippen LogP contribution < -0.4 is 10.5 Å². The third-order valence-electron chi connectivity index (χ3n) is 5.27. The first-order valence-corrected chi connectivity index (χ1v) is 12.5. The van der Waals surface area contributed by atoms with Gasteiger partial charge in [-0.1, -0.05) is 24.6 Å². The lowest BCUT2D eigenvalue weighted by Gasteiger charge is -2.23. The lowest BCUT2D eigenvalue weighted by Crippen LogP contribution is -2.30. The molecule has 1 aromatic heterocycles. The first kappa shape index (κ1) is 25.5. The van der Waals surface area contributed by atoms with Crippen molar-refractivity contribution in [1.82, 2.24) is 4.90 Å². The van der Waals surface area contributed by atoms with Crippen LogP contribution in [0.5, 0.6) is 11.5 Å². The average Bonchev–Trinajstić information content (AvgIpc) is 3.36. The Morgan fingerprint density at radius 3 is 2.41 bits per heavy atom. The zero-order chi connectivity index (χ0) is 24.4. The maximum atomic E-state index is 13.0. The molecule has 2 N–H and O–H groups in total. The Hall–Kier alpha value is -3.14. The van der Waals surface area contributed by atoms with Gasteiger partial charge >= 0.3 is 0 Å². The molecule has 0 unspecified atom stereocenters. The van der Waals surface area contributed by atoms with Gasteiger partial charge < -0.3 is 19.8 Å². The second-order valence-electron chi connectivity index (χ2n) is 7.73. The number of para-hydroxylation sites is 1. The fraction of sp³-hybridized carbons (Fsp3) is 0.320. The maximum absolute atomic E-state index is 13.0. The van der Waals surface area contributed by atoms with Gasteiger partial charge in [0.2, 0.25) is 5.91 Å². The lowest BCUT2D eigenvalue weighted by molar-refractivity contribution is -0.132. The van der Waals surface area contributed by atoms with Gasteiger partial charge in [0.25, 0.3) is 10.1 Å². The van der Waals surface area contributed by atoms with E-state index >= 15 is 0 Å². The molecular weight excluding hydrogens is 456 g/mol. The van der Waals surface area contributed by atoms with Gasteiger partial charge in [-0.05, 0) is 61.9 Å². The number of amides is 1. The smallest absolute Gasteiger partial charge is 0.296 e. The fourth-order valence-electron chi connectivity index (χ4n) is 3.42. The number of hydrogen-bond acceptors (Lipinski definition) is 7. The van der Waals surface area contributed by atoms with Crippen molar-refractivity contribution in [3.63, 3.8) is 0 Å². The molecule has 0 atom stereocenters. The van der Waals surface area contributed by atoms with Crippen molar-refractivity contribution in [2.24, 2.45) is 5.73 Å². The second-order valence-corrected chi connectivity index (χ2v) is 9.44. The third kappa shape index (κ3) is 7.18. The van der Waals surface area contributed by atoms with Crippen LogP contribution in [0.25, 0.3) is 0 Å². The summed E-state index contributed by atoms with van der Waals surface area (Å²) in [5.41, 5.74) is 6.37. The van der Waals surface area contributed by atoms with Gasteiger partial charge in [-0.3, -0.25) is 8.98 Å². The maximum Gasteiger partial charge on any atom is 0.296 e. The Morgan fingerprint density at radius 1 is 0.971 bits per heavy atom. The molecule has 0 fully saturated rings. The molecule has 0 aliphatic carbocycles. The van der Waals surface area contributed by atoms with E-state index in [1.54, 1.807) is 29.4 Å². The van der Waals surface area contributed by atoms with Gasteiger partial charge in [-0.2, -0.15) is 8.42 Å². The van der Waals surface area contributed by atoms with Gasteiger partial charge in [-0.15, -0.1) is 0 Å². The van der Waals surface area contributed by atoms with Gasteiger partial charge in [0, 0.05) is 18.5 Å². The van der Waals surface area contributed by atoms with Gasteiger partial charge in [-0.25, -0.2) is 0 Å². The van der Waals surface area contributed by atoms with E-state index in [-0.39, 0.29) is 10.8 Å². The molecule has 0 aliphatic rings. The Labute approximate surface area is 200 Å². The van der Waals surface area contributed by atoms with E-state index in [0.717, 1.165) is 31.9 Å². The Kier molecular flexibility index (Phi) is 9.26. The summed E-state index contributed by atoms with van der Waals surface area (Å²) in [7, 11) is -2.66. The molecule has 1 heterocycles. The quantitative estimate of drug-likeness (QED) is 0.280. The zero-order valence-corrected chi connectivity index (χ0v) is 20.0. The highest BCUT2D eigenvalue weighted by molar-refractivity contribution is 7.86. The highest BCUT2D eigenvalue weighted by Crippen LogP contribution is 2.28. The van der Waals surface area contributed by atoms with Crippen molar-refractivity contribution in [3.05, 3.63) is 78.3 Å². The van der Waals surface area contributed by atoms with Crippen LogP contribution in [0.3, 0.4) is 0 Å².